The van der Waals surface area contributed by atoms with Crippen molar-refractivity contribution in [1.82, 2.24) is 19.4 Å². The summed E-state index contributed by atoms with van der Waals surface area (Å²) in [6.45, 7) is 3.10. The maximum atomic E-state index is 5.43. The molecule has 2 aromatic heterocycles. The number of rotatable bonds is 5. The fourth-order valence-electron chi connectivity index (χ4n) is 4.11. The Kier molecular flexibility index (Phi) is 5.11. The summed E-state index contributed by atoms with van der Waals surface area (Å²) in [5, 5.41) is 14.4. The predicted molar refractivity (Wildman–Crippen MR) is 135 cm³/mol. The number of hydrogen-bond donors (Lipinski definition) is 1. The molecule has 0 radical (unpaired) electrons. The number of hydrogen-bond acceptors (Lipinski definition) is 4. The average Bonchev–Trinajstić information content (AvgIpc) is 3.34. The molecule has 5 rings (SSSR count). The van der Waals surface area contributed by atoms with E-state index in [1.165, 1.54) is 21.8 Å². The van der Waals surface area contributed by atoms with Crippen molar-refractivity contribution in [3.05, 3.63) is 77.1 Å². The SMILES string of the molecule is CCn1c2ccccc2c2cc(C=Nn3c(-c4ccc(N(C)C)cc4)n[nH]c3=S)ccc21. The quantitative estimate of drug-likeness (QED) is 0.282. The van der Waals surface area contributed by atoms with Crippen LogP contribution in [-0.2, 0) is 6.54 Å². The number of H-pyrrole nitrogens is 1. The summed E-state index contributed by atoms with van der Waals surface area (Å²) >= 11 is 5.43. The van der Waals surface area contributed by atoms with Gasteiger partial charge in [0.05, 0.1) is 6.21 Å². The molecule has 0 unspecified atom stereocenters. The Morgan fingerprint density at radius 1 is 1.00 bits per heavy atom. The molecule has 6 nitrogen and oxygen atoms in total. The van der Waals surface area contributed by atoms with Crippen LogP contribution in [0.1, 0.15) is 12.5 Å². The Labute approximate surface area is 191 Å². The zero-order chi connectivity index (χ0) is 22.2. The van der Waals surface area contributed by atoms with Gasteiger partial charge in [-0.05, 0) is 67.2 Å². The summed E-state index contributed by atoms with van der Waals surface area (Å²) in [7, 11) is 4.04. The molecule has 3 aromatic carbocycles. The van der Waals surface area contributed by atoms with Crippen LogP contribution >= 0.6 is 12.2 Å². The zero-order valence-corrected chi connectivity index (χ0v) is 19.1. The van der Waals surface area contributed by atoms with Crippen LogP contribution in [0.15, 0.2) is 71.8 Å². The molecule has 32 heavy (non-hydrogen) atoms. The minimum Gasteiger partial charge on any atom is -0.378 e. The second-order valence-electron chi connectivity index (χ2n) is 7.89. The molecule has 0 amide bonds. The second-order valence-corrected chi connectivity index (χ2v) is 8.27. The van der Waals surface area contributed by atoms with Gasteiger partial charge in [-0.1, -0.05) is 24.3 Å². The summed E-state index contributed by atoms with van der Waals surface area (Å²) in [4.78, 5) is 2.06. The first-order valence-corrected chi connectivity index (χ1v) is 11.0. The fraction of sp³-hybridized carbons (Fsp3) is 0.160. The molecule has 0 aliphatic carbocycles. The molecule has 2 heterocycles. The molecule has 0 atom stereocenters. The molecular formula is C25H24N6S. The maximum Gasteiger partial charge on any atom is 0.216 e. The highest BCUT2D eigenvalue weighted by Crippen LogP contribution is 2.29. The van der Waals surface area contributed by atoms with E-state index < -0.39 is 0 Å². The molecule has 0 aliphatic rings. The molecule has 5 aromatic rings. The van der Waals surface area contributed by atoms with Crippen LogP contribution in [0.5, 0.6) is 0 Å². The van der Waals surface area contributed by atoms with Gasteiger partial charge in [-0.2, -0.15) is 14.9 Å². The highest BCUT2D eigenvalue weighted by atomic mass is 32.1. The Morgan fingerprint density at radius 3 is 2.50 bits per heavy atom. The van der Waals surface area contributed by atoms with Crippen LogP contribution in [0, 0.1) is 4.77 Å². The number of benzene rings is 3. The van der Waals surface area contributed by atoms with E-state index in [-0.39, 0.29) is 0 Å². The lowest BCUT2D eigenvalue weighted by Gasteiger charge is -2.12. The third-order valence-electron chi connectivity index (χ3n) is 5.73. The first kappa shape index (κ1) is 20.2. The van der Waals surface area contributed by atoms with Crippen molar-refractivity contribution in [3.8, 4) is 11.4 Å². The lowest BCUT2D eigenvalue weighted by molar-refractivity contribution is 0.827. The standard InChI is InChI=1S/C25H24N6S/c1-4-30-22-8-6-5-7-20(22)21-15-17(9-14-23(21)30)16-26-31-24(27-28-25(31)32)18-10-12-19(13-11-18)29(2)3/h5-16H,4H2,1-3H3,(H,28,32). The number of fused-ring (bicyclic) bond motifs is 3. The van der Waals surface area contributed by atoms with E-state index in [4.69, 9.17) is 12.2 Å². The Balaban J connectivity index is 1.54. The van der Waals surface area contributed by atoms with E-state index >= 15 is 0 Å². The highest BCUT2D eigenvalue weighted by Gasteiger charge is 2.11. The van der Waals surface area contributed by atoms with Crippen LogP contribution in [-0.4, -0.2) is 39.8 Å². The molecule has 0 spiro atoms. The normalized spacial score (nSPS) is 11.7. The molecule has 0 saturated heterocycles. The fourth-order valence-corrected chi connectivity index (χ4v) is 4.29. The van der Waals surface area contributed by atoms with E-state index in [2.05, 4.69) is 86.3 Å². The monoisotopic (exact) mass is 440 g/mol. The Bertz CT molecular complexity index is 1500. The number of nitrogens with zero attached hydrogens (tertiary/aromatic N) is 5. The van der Waals surface area contributed by atoms with Gasteiger partial charge in [-0.15, -0.1) is 0 Å². The topological polar surface area (TPSA) is 54.1 Å². The van der Waals surface area contributed by atoms with Crippen LogP contribution < -0.4 is 4.90 Å². The molecule has 160 valence electrons. The number of para-hydroxylation sites is 1. The molecule has 0 fully saturated rings. The van der Waals surface area contributed by atoms with E-state index in [0.29, 0.717) is 10.6 Å². The third-order valence-corrected chi connectivity index (χ3v) is 5.99. The van der Waals surface area contributed by atoms with Crippen LogP contribution in [0.2, 0.25) is 0 Å². The van der Waals surface area contributed by atoms with E-state index in [1.54, 1.807) is 4.68 Å². The third kappa shape index (κ3) is 3.40. The minimum atomic E-state index is 0.455. The van der Waals surface area contributed by atoms with Gasteiger partial charge in [0.1, 0.15) is 0 Å². The van der Waals surface area contributed by atoms with Crippen molar-refractivity contribution in [2.75, 3.05) is 19.0 Å². The predicted octanol–water partition coefficient (Wildman–Crippen LogP) is 5.68. The van der Waals surface area contributed by atoms with Crippen LogP contribution in [0.4, 0.5) is 5.69 Å². The summed E-state index contributed by atoms with van der Waals surface area (Å²) in [6.07, 6.45) is 1.83. The van der Waals surface area contributed by atoms with Crippen molar-refractivity contribution in [3.63, 3.8) is 0 Å². The smallest absolute Gasteiger partial charge is 0.216 e. The van der Waals surface area contributed by atoms with Crippen molar-refractivity contribution >= 4 is 45.9 Å². The zero-order valence-electron chi connectivity index (χ0n) is 18.3. The molecule has 0 saturated carbocycles. The molecule has 1 N–H and O–H groups in total. The summed E-state index contributed by atoms with van der Waals surface area (Å²) < 4.78 is 4.46. The number of nitrogens with one attached hydrogen (secondary N) is 1. The Hall–Kier alpha value is -3.71. The largest absolute Gasteiger partial charge is 0.378 e. The van der Waals surface area contributed by atoms with Gasteiger partial charge in [-0.3, -0.25) is 0 Å². The molecule has 7 heteroatoms. The Morgan fingerprint density at radius 2 is 1.75 bits per heavy atom. The van der Waals surface area contributed by atoms with Crippen molar-refractivity contribution in [1.29, 1.82) is 0 Å². The lowest BCUT2D eigenvalue weighted by Crippen LogP contribution is -2.08. The van der Waals surface area contributed by atoms with Gasteiger partial charge in [0.2, 0.25) is 4.77 Å². The minimum absolute atomic E-state index is 0.455. The molecular weight excluding hydrogens is 416 g/mol. The van der Waals surface area contributed by atoms with Gasteiger partial charge in [0, 0.05) is 53.7 Å². The van der Waals surface area contributed by atoms with Gasteiger partial charge in [-0.25, -0.2) is 5.10 Å². The summed E-state index contributed by atoms with van der Waals surface area (Å²) in [5.41, 5.74) is 5.56. The van der Waals surface area contributed by atoms with Crippen LogP contribution in [0.25, 0.3) is 33.2 Å². The number of aryl methyl sites for hydroxylation is 1. The van der Waals surface area contributed by atoms with E-state index in [9.17, 15) is 0 Å². The first-order chi connectivity index (χ1) is 15.6. The number of aromatic amines is 1. The summed E-state index contributed by atoms with van der Waals surface area (Å²) in [6, 6.07) is 23.1. The lowest BCUT2D eigenvalue weighted by atomic mass is 10.1. The van der Waals surface area contributed by atoms with Crippen molar-refractivity contribution < 1.29 is 0 Å². The number of anilines is 1. The van der Waals surface area contributed by atoms with Crippen molar-refractivity contribution in [2.45, 2.75) is 13.5 Å². The van der Waals surface area contributed by atoms with Crippen molar-refractivity contribution in [2.24, 2.45) is 5.10 Å². The number of aromatic nitrogens is 4. The second kappa shape index (κ2) is 8.09. The van der Waals surface area contributed by atoms with E-state index in [1.807, 2.05) is 32.4 Å². The molecule has 0 bridgehead atoms. The van der Waals surface area contributed by atoms with E-state index in [0.717, 1.165) is 23.4 Å². The highest BCUT2D eigenvalue weighted by molar-refractivity contribution is 7.71. The average molecular weight is 441 g/mol. The summed E-state index contributed by atoms with van der Waals surface area (Å²) in [5.74, 6) is 0.681. The van der Waals surface area contributed by atoms with Gasteiger partial charge >= 0.3 is 0 Å². The maximum absolute atomic E-state index is 5.43. The van der Waals surface area contributed by atoms with Gasteiger partial charge < -0.3 is 9.47 Å². The van der Waals surface area contributed by atoms with Gasteiger partial charge in [0.15, 0.2) is 5.82 Å². The van der Waals surface area contributed by atoms with Crippen LogP contribution in [0.3, 0.4) is 0 Å². The van der Waals surface area contributed by atoms with Gasteiger partial charge in [0.25, 0.3) is 0 Å². The molecule has 0 aliphatic heterocycles. The first-order valence-electron chi connectivity index (χ1n) is 10.6.